The number of nitrogens with one attached hydrogen (secondary N) is 1. The molecule has 0 radical (unpaired) electrons. The van der Waals surface area contributed by atoms with Crippen molar-refractivity contribution in [1.29, 1.82) is 0 Å². The molecule has 174 valence electrons. The summed E-state index contributed by atoms with van der Waals surface area (Å²) < 4.78 is 7.70. The van der Waals surface area contributed by atoms with Crippen LogP contribution in [0, 0.1) is 0 Å². The highest BCUT2D eigenvalue weighted by Gasteiger charge is 2.33. The van der Waals surface area contributed by atoms with Crippen molar-refractivity contribution < 1.29 is 9.53 Å². The fraction of sp³-hybridized carbons (Fsp3) is 0.269. The Balaban J connectivity index is 1.40. The van der Waals surface area contributed by atoms with Gasteiger partial charge < -0.3 is 14.6 Å². The van der Waals surface area contributed by atoms with Crippen LogP contribution in [-0.2, 0) is 17.8 Å². The lowest BCUT2D eigenvalue weighted by Crippen LogP contribution is -2.39. The number of allylic oxidation sites excluding steroid dienone is 1. The monoisotopic (exact) mass is 475 g/mol. The Morgan fingerprint density at radius 2 is 2.12 bits per heavy atom. The summed E-state index contributed by atoms with van der Waals surface area (Å²) in [4.78, 5) is 22.4. The van der Waals surface area contributed by atoms with E-state index in [0.29, 0.717) is 18.2 Å². The molecule has 5 rings (SSSR count). The molecule has 0 saturated heterocycles. The van der Waals surface area contributed by atoms with Gasteiger partial charge in [0.25, 0.3) is 0 Å². The zero-order chi connectivity index (χ0) is 23.5. The highest BCUT2D eigenvalue weighted by Crippen LogP contribution is 2.39. The number of carbonyl (C=O) groups is 1. The Labute approximate surface area is 203 Å². The fourth-order valence-corrected chi connectivity index (χ4v) is 4.77. The zero-order valence-corrected chi connectivity index (χ0v) is 19.7. The van der Waals surface area contributed by atoms with Crippen LogP contribution in [0.5, 0.6) is 5.75 Å². The molecule has 3 heterocycles. The van der Waals surface area contributed by atoms with Gasteiger partial charge in [-0.05, 0) is 60.9 Å². The molecule has 0 spiro atoms. The smallest absolute Gasteiger partial charge is 0.247 e. The molecule has 1 amide bonds. The van der Waals surface area contributed by atoms with Crippen LogP contribution in [0.25, 0.3) is 10.9 Å². The number of aryl methyl sites for hydroxylation is 1. The number of ether oxygens (including phenoxy) is 1. The second-order valence-corrected chi connectivity index (χ2v) is 8.76. The Kier molecular flexibility index (Phi) is 6.36. The third kappa shape index (κ3) is 4.43. The topological polar surface area (TPSA) is 76.0 Å². The highest BCUT2D eigenvalue weighted by molar-refractivity contribution is 6.31. The van der Waals surface area contributed by atoms with E-state index < -0.39 is 0 Å². The van der Waals surface area contributed by atoms with Gasteiger partial charge in [-0.3, -0.25) is 9.48 Å². The molecule has 1 atom stereocenters. The minimum Gasteiger partial charge on any atom is -0.494 e. The van der Waals surface area contributed by atoms with Crippen molar-refractivity contribution in [1.82, 2.24) is 24.6 Å². The van der Waals surface area contributed by atoms with Gasteiger partial charge in [0, 0.05) is 41.1 Å². The molecule has 2 aromatic heterocycles. The summed E-state index contributed by atoms with van der Waals surface area (Å²) in [5.74, 6) is 0.802. The van der Waals surface area contributed by atoms with Crippen LogP contribution in [0.4, 0.5) is 0 Å². The SMILES string of the molecule is C/C=C/C(=O)N1CCc2c([nH]c3ccc(Cl)cc23)C1c1ccc(OCCCn2cncn2)cc1. The van der Waals surface area contributed by atoms with Crippen LogP contribution in [0.1, 0.15) is 36.2 Å². The second-order valence-electron chi connectivity index (χ2n) is 8.32. The maximum atomic E-state index is 13.0. The van der Waals surface area contributed by atoms with Crippen LogP contribution >= 0.6 is 11.6 Å². The number of amides is 1. The van der Waals surface area contributed by atoms with Crippen molar-refractivity contribution in [2.24, 2.45) is 0 Å². The normalized spacial score (nSPS) is 15.7. The molecule has 0 fully saturated rings. The van der Waals surface area contributed by atoms with Crippen LogP contribution in [-0.4, -0.2) is 43.7 Å². The van der Waals surface area contributed by atoms with Crippen LogP contribution in [0.15, 0.2) is 67.3 Å². The molecule has 1 unspecified atom stereocenters. The van der Waals surface area contributed by atoms with Gasteiger partial charge in [0.2, 0.25) is 5.91 Å². The summed E-state index contributed by atoms with van der Waals surface area (Å²) in [6.45, 7) is 3.85. The van der Waals surface area contributed by atoms with E-state index in [1.807, 2.05) is 54.3 Å². The molecule has 2 aromatic carbocycles. The van der Waals surface area contributed by atoms with Crippen LogP contribution in [0.2, 0.25) is 5.02 Å². The van der Waals surface area contributed by atoms with E-state index in [4.69, 9.17) is 16.3 Å². The predicted molar refractivity (Wildman–Crippen MR) is 132 cm³/mol. The Hall–Kier alpha value is -3.58. The maximum absolute atomic E-state index is 13.0. The third-order valence-electron chi connectivity index (χ3n) is 6.14. The number of rotatable bonds is 7. The first kappa shape index (κ1) is 22.2. The molecule has 4 aromatic rings. The van der Waals surface area contributed by atoms with Gasteiger partial charge in [0.15, 0.2) is 0 Å². The van der Waals surface area contributed by atoms with Crippen molar-refractivity contribution in [2.45, 2.75) is 32.4 Å². The van der Waals surface area contributed by atoms with Gasteiger partial charge >= 0.3 is 0 Å². The quantitative estimate of drug-likeness (QED) is 0.303. The summed E-state index contributed by atoms with van der Waals surface area (Å²) >= 11 is 6.28. The first-order valence-electron chi connectivity index (χ1n) is 11.4. The second kappa shape index (κ2) is 9.73. The van der Waals surface area contributed by atoms with E-state index in [2.05, 4.69) is 15.1 Å². The largest absolute Gasteiger partial charge is 0.494 e. The lowest BCUT2D eigenvalue weighted by Gasteiger charge is -2.35. The minimum atomic E-state index is -0.208. The van der Waals surface area contributed by atoms with E-state index in [0.717, 1.165) is 47.3 Å². The van der Waals surface area contributed by atoms with Gasteiger partial charge in [0.05, 0.1) is 12.6 Å². The van der Waals surface area contributed by atoms with Crippen molar-refractivity contribution in [3.05, 3.63) is 89.1 Å². The standard InChI is InChI=1S/C26H26ClN5O2/c1-2-4-24(33)32-13-11-21-22-15-19(27)7-10-23(22)30-25(21)26(32)18-5-8-20(9-6-18)34-14-3-12-31-17-28-16-29-31/h2,4-10,15-17,26,30H,3,11-14H2,1H3/b4-2+. The number of benzene rings is 2. The average molecular weight is 476 g/mol. The van der Waals surface area contributed by atoms with Crippen molar-refractivity contribution in [2.75, 3.05) is 13.2 Å². The third-order valence-corrected chi connectivity index (χ3v) is 6.38. The summed E-state index contributed by atoms with van der Waals surface area (Å²) in [6.07, 6.45) is 8.26. The maximum Gasteiger partial charge on any atom is 0.247 e. The first-order valence-corrected chi connectivity index (χ1v) is 11.8. The highest BCUT2D eigenvalue weighted by atomic mass is 35.5. The number of fused-ring (bicyclic) bond motifs is 3. The minimum absolute atomic E-state index is 0.00303. The lowest BCUT2D eigenvalue weighted by molar-refractivity contribution is -0.128. The van der Waals surface area contributed by atoms with E-state index in [9.17, 15) is 4.79 Å². The first-order chi connectivity index (χ1) is 16.6. The van der Waals surface area contributed by atoms with Crippen LogP contribution in [0.3, 0.4) is 0 Å². The molecule has 8 heteroatoms. The fourth-order valence-electron chi connectivity index (χ4n) is 4.59. The summed E-state index contributed by atoms with van der Waals surface area (Å²) in [7, 11) is 0. The molecule has 0 bridgehead atoms. The Bertz CT molecular complexity index is 1310. The molecule has 0 saturated carbocycles. The summed E-state index contributed by atoms with van der Waals surface area (Å²) in [5.41, 5.74) is 4.34. The van der Waals surface area contributed by atoms with Gasteiger partial charge in [-0.2, -0.15) is 5.10 Å². The van der Waals surface area contributed by atoms with E-state index in [1.165, 1.54) is 11.9 Å². The predicted octanol–water partition coefficient (Wildman–Crippen LogP) is 4.93. The van der Waals surface area contributed by atoms with Gasteiger partial charge in [-0.15, -0.1) is 0 Å². The number of H-pyrrole nitrogens is 1. The summed E-state index contributed by atoms with van der Waals surface area (Å²) in [5, 5.41) is 5.93. The number of halogens is 1. The van der Waals surface area contributed by atoms with Crippen molar-refractivity contribution in [3.63, 3.8) is 0 Å². The average Bonchev–Trinajstić information content (AvgIpc) is 3.49. The van der Waals surface area contributed by atoms with E-state index in [1.54, 1.807) is 23.2 Å². The number of aromatic nitrogens is 4. The molecular weight excluding hydrogens is 450 g/mol. The molecular formula is C26H26ClN5O2. The van der Waals surface area contributed by atoms with Gasteiger partial charge in [0.1, 0.15) is 18.4 Å². The molecule has 0 aliphatic carbocycles. The van der Waals surface area contributed by atoms with Gasteiger partial charge in [-0.1, -0.05) is 29.8 Å². The molecule has 1 N–H and O–H groups in total. The lowest BCUT2D eigenvalue weighted by atomic mass is 9.92. The van der Waals surface area contributed by atoms with E-state index in [-0.39, 0.29) is 11.9 Å². The Morgan fingerprint density at radius 3 is 2.88 bits per heavy atom. The number of aromatic amines is 1. The van der Waals surface area contributed by atoms with Crippen LogP contribution < -0.4 is 4.74 Å². The molecule has 34 heavy (non-hydrogen) atoms. The van der Waals surface area contributed by atoms with Gasteiger partial charge in [-0.25, -0.2) is 4.98 Å². The summed E-state index contributed by atoms with van der Waals surface area (Å²) in [6, 6.07) is 13.7. The molecule has 7 nitrogen and oxygen atoms in total. The number of carbonyl (C=O) groups excluding carboxylic acids is 1. The van der Waals surface area contributed by atoms with Crippen molar-refractivity contribution in [3.8, 4) is 5.75 Å². The number of hydrogen-bond acceptors (Lipinski definition) is 4. The molecule has 1 aliphatic rings. The molecule has 1 aliphatic heterocycles. The number of hydrogen-bond donors (Lipinski definition) is 1. The Morgan fingerprint density at radius 1 is 1.26 bits per heavy atom. The number of nitrogens with zero attached hydrogens (tertiary/aromatic N) is 4. The zero-order valence-electron chi connectivity index (χ0n) is 18.9. The van der Waals surface area contributed by atoms with E-state index >= 15 is 0 Å². The van der Waals surface area contributed by atoms with Crippen molar-refractivity contribution >= 4 is 28.4 Å².